The number of carbonyl (C=O) groups is 1. The molecule has 0 saturated heterocycles. The average molecular weight is 157 g/mol. The Morgan fingerprint density at radius 2 is 2.09 bits per heavy atom. The molecule has 0 radical (unpaired) electrons. The Bertz CT molecular complexity index is 152. The number of esters is 1. The summed E-state index contributed by atoms with van der Waals surface area (Å²) in [6.45, 7) is 5.75. The maximum atomic E-state index is 10.9. The van der Waals surface area contributed by atoms with E-state index in [4.69, 9.17) is 4.74 Å². The number of carbonyl (C=O) groups excluding carboxylic acids is 1. The fourth-order valence-corrected chi connectivity index (χ4v) is 0.434. The molecule has 0 aliphatic carbocycles. The van der Waals surface area contributed by atoms with Crippen LogP contribution in [0.5, 0.6) is 0 Å². The number of hydrogen-bond acceptors (Lipinski definition) is 3. The zero-order valence-electron chi connectivity index (χ0n) is 7.39. The summed E-state index contributed by atoms with van der Waals surface area (Å²) in [5.74, 6) is -0.304. The third-order valence-electron chi connectivity index (χ3n) is 1.17. The molecule has 0 aromatic rings. The summed E-state index contributed by atoms with van der Waals surface area (Å²) in [5, 5.41) is 0. The second kappa shape index (κ2) is 4.91. The second-order valence-electron chi connectivity index (χ2n) is 2.60. The molecule has 0 heterocycles. The smallest absolute Gasteiger partial charge is 0.334 e. The highest BCUT2D eigenvalue weighted by Gasteiger charge is 2.05. The average Bonchev–Trinajstić information content (AvgIpc) is 1.98. The van der Waals surface area contributed by atoms with Crippen LogP contribution in [0.2, 0.25) is 0 Å². The van der Waals surface area contributed by atoms with Crippen LogP contribution in [0.3, 0.4) is 0 Å². The van der Waals surface area contributed by atoms with E-state index in [0.717, 1.165) is 0 Å². The van der Waals surface area contributed by atoms with E-state index in [0.29, 0.717) is 18.7 Å². The Kier molecular flexibility index (Phi) is 4.54. The largest absolute Gasteiger partial charge is 0.446 e. The van der Waals surface area contributed by atoms with Crippen LogP contribution in [0.4, 0.5) is 0 Å². The highest BCUT2D eigenvalue weighted by atomic mass is 16.5. The van der Waals surface area contributed by atoms with Crippen LogP contribution in [0.15, 0.2) is 12.2 Å². The van der Waals surface area contributed by atoms with Crippen LogP contribution in [-0.2, 0) is 9.53 Å². The summed E-state index contributed by atoms with van der Waals surface area (Å²) in [7, 11) is 3.67. The molecule has 0 saturated carbocycles. The lowest BCUT2D eigenvalue weighted by Gasteiger charge is -2.10. The molecule has 0 unspecified atom stereocenters. The van der Waals surface area contributed by atoms with Crippen molar-refractivity contribution in [2.24, 2.45) is 0 Å². The van der Waals surface area contributed by atoms with Crippen LogP contribution in [0, 0.1) is 0 Å². The molecule has 0 rings (SSSR count). The molecule has 0 fully saturated rings. The Morgan fingerprint density at radius 1 is 1.55 bits per heavy atom. The first-order chi connectivity index (χ1) is 5.07. The van der Waals surface area contributed by atoms with Gasteiger partial charge in [0.1, 0.15) is 6.73 Å². The molecule has 0 aliphatic heterocycles. The molecule has 64 valence electrons. The van der Waals surface area contributed by atoms with Crippen molar-refractivity contribution in [3.63, 3.8) is 0 Å². The van der Waals surface area contributed by atoms with Gasteiger partial charge in [-0.05, 0) is 20.5 Å². The van der Waals surface area contributed by atoms with Crippen LogP contribution in [-0.4, -0.2) is 31.7 Å². The normalized spacial score (nSPS) is 9.82. The lowest BCUT2D eigenvalue weighted by molar-refractivity contribution is -0.142. The number of ether oxygens (including phenoxy) is 1. The molecule has 0 aromatic carbocycles. The van der Waals surface area contributed by atoms with Gasteiger partial charge in [0.2, 0.25) is 0 Å². The van der Waals surface area contributed by atoms with E-state index < -0.39 is 0 Å². The fourth-order valence-electron chi connectivity index (χ4n) is 0.434. The molecule has 0 aliphatic rings. The summed E-state index contributed by atoms with van der Waals surface area (Å²) in [6.07, 6.45) is 0.645. The van der Waals surface area contributed by atoms with E-state index in [1.165, 1.54) is 0 Å². The van der Waals surface area contributed by atoms with Gasteiger partial charge in [-0.2, -0.15) is 0 Å². The van der Waals surface area contributed by atoms with E-state index >= 15 is 0 Å². The molecule has 3 nitrogen and oxygen atoms in total. The van der Waals surface area contributed by atoms with Crippen molar-refractivity contribution in [1.82, 2.24) is 4.90 Å². The monoisotopic (exact) mass is 157 g/mol. The van der Waals surface area contributed by atoms with Crippen molar-refractivity contribution in [1.29, 1.82) is 0 Å². The molecule has 0 atom stereocenters. The maximum absolute atomic E-state index is 10.9. The van der Waals surface area contributed by atoms with Crippen LogP contribution in [0.25, 0.3) is 0 Å². The molecule has 3 heteroatoms. The molecule has 11 heavy (non-hydrogen) atoms. The summed E-state index contributed by atoms with van der Waals surface area (Å²) in [4.78, 5) is 12.7. The second-order valence-corrected chi connectivity index (χ2v) is 2.60. The number of rotatable bonds is 4. The van der Waals surface area contributed by atoms with Gasteiger partial charge >= 0.3 is 5.97 Å². The van der Waals surface area contributed by atoms with Crippen molar-refractivity contribution in [2.45, 2.75) is 13.3 Å². The van der Waals surface area contributed by atoms with Crippen molar-refractivity contribution in [3.8, 4) is 0 Å². The number of hydrogen-bond donors (Lipinski definition) is 0. The van der Waals surface area contributed by atoms with E-state index in [-0.39, 0.29) is 5.97 Å². The van der Waals surface area contributed by atoms with Gasteiger partial charge in [-0.25, -0.2) is 4.79 Å². The van der Waals surface area contributed by atoms with Gasteiger partial charge in [0.25, 0.3) is 0 Å². The summed E-state index contributed by atoms with van der Waals surface area (Å²) in [6, 6.07) is 0. The summed E-state index contributed by atoms with van der Waals surface area (Å²) < 4.78 is 4.84. The Morgan fingerprint density at radius 3 is 2.45 bits per heavy atom. The molecule has 0 bridgehead atoms. The zero-order chi connectivity index (χ0) is 8.85. The SMILES string of the molecule is C=C(CC)C(=O)OCN(C)C. The van der Waals surface area contributed by atoms with Crippen molar-refractivity contribution < 1.29 is 9.53 Å². The first-order valence-corrected chi connectivity index (χ1v) is 3.57. The van der Waals surface area contributed by atoms with E-state index in [1.54, 1.807) is 4.90 Å². The van der Waals surface area contributed by atoms with Gasteiger partial charge in [-0.15, -0.1) is 0 Å². The summed E-state index contributed by atoms with van der Waals surface area (Å²) >= 11 is 0. The minimum absolute atomic E-state index is 0.304. The predicted octanol–water partition coefficient (Wildman–Crippen LogP) is 1.01. The molecule has 0 spiro atoms. The molecular weight excluding hydrogens is 142 g/mol. The van der Waals surface area contributed by atoms with E-state index in [1.807, 2.05) is 21.0 Å². The highest BCUT2D eigenvalue weighted by molar-refractivity contribution is 5.87. The zero-order valence-corrected chi connectivity index (χ0v) is 7.39. The molecular formula is C8H15NO2. The molecule has 0 N–H and O–H groups in total. The van der Waals surface area contributed by atoms with Crippen molar-refractivity contribution in [3.05, 3.63) is 12.2 Å². The van der Waals surface area contributed by atoms with Gasteiger partial charge < -0.3 is 4.74 Å². The van der Waals surface area contributed by atoms with Gasteiger partial charge in [-0.1, -0.05) is 13.5 Å². The minimum atomic E-state index is -0.304. The highest BCUT2D eigenvalue weighted by Crippen LogP contribution is 1.98. The van der Waals surface area contributed by atoms with E-state index in [2.05, 4.69) is 6.58 Å². The van der Waals surface area contributed by atoms with Crippen LogP contribution < -0.4 is 0 Å². The van der Waals surface area contributed by atoms with E-state index in [9.17, 15) is 4.79 Å². The Labute approximate surface area is 67.6 Å². The predicted molar refractivity (Wildman–Crippen MR) is 44.1 cm³/mol. The Hall–Kier alpha value is -0.830. The quantitative estimate of drug-likeness (QED) is 0.346. The topological polar surface area (TPSA) is 29.5 Å². The lowest BCUT2D eigenvalue weighted by Crippen LogP contribution is -2.20. The minimum Gasteiger partial charge on any atom is -0.446 e. The maximum Gasteiger partial charge on any atom is 0.334 e. The first-order valence-electron chi connectivity index (χ1n) is 3.57. The van der Waals surface area contributed by atoms with Gasteiger partial charge in [-0.3, -0.25) is 4.90 Å². The van der Waals surface area contributed by atoms with Gasteiger partial charge in [0, 0.05) is 5.57 Å². The Balaban J connectivity index is 3.61. The summed E-state index contributed by atoms with van der Waals surface area (Å²) in [5.41, 5.74) is 0.520. The van der Waals surface area contributed by atoms with Crippen molar-refractivity contribution >= 4 is 5.97 Å². The molecule has 0 amide bonds. The lowest BCUT2D eigenvalue weighted by atomic mass is 10.2. The van der Waals surface area contributed by atoms with Crippen LogP contribution in [0.1, 0.15) is 13.3 Å². The third-order valence-corrected chi connectivity index (χ3v) is 1.17. The number of nitrogens with zero attached hydrogens (tertiary/aromatic N) is 1. The molecule has 0 aromatic heterocycles. The standard InChI is InChI=1S/C8H15NO2/c1-5-7(2)8(10)11-6-9(3)4/h2,5-6H2,1,3-4H3. The van der Waals surface area contributed by atoms with Gasteiger partial charge in [0.15, 0.2) is 0 Å². The van der Waals surface area contributed by atoms with Gasteiger partial charge in [0.05, 0.1) is 0 Å². The van der Waals surface area contributed by atoms with Crippen LogP contribution >= 0.6 is 0 Å². The third kappa shape index (κ3) is 4.56. The fraction of sp³-hybridized carbons (Fsp3) is 0.625. The van der Waals surface area contributed by atoms with Crippen molar-refractivity contribution in [2.75, 3.05) is 20.8 Å². The first kappa shape index (κ1) is 10.2.